The summed E-state index contributed by atoms with van der Waals surface area (Å²) in [6, 6.07) is -7.38. The number of hydrogen-bond acceptors (Lipinski definition) is 3. The molecule has 0 spiro atoms. The lowest BCUT2D eigenvalue weighted by Crippen LogP contribution is -2.49. The second kappa shape index (κ2) is 3.39. The van der Waals surface area contributed by atoms with Crippen LogP contribution in [0, 0.1) is 0 Å². The van der Waals surface area contributed by atoms with Crippen LogP contribution in [0.5, 0.6) is 0 Å². The summed E-state index contributed by atoms with van der Waals surface area (Å²) in [4.78, 5) is 28.7. The molecule has 0 aliphatic rings. The van der Waals surface area contributed by atoms with E-state index in [9.17, 15) is 40.7 Å². The van der Waals surface area contributed by atoms with Crippen molar-refractivity contribution in [3.05, 3.63) is 0 Å². The van der Waals surface area contributed by atoms with Gasteiger partial charge in [0.2, 0.25) is 0 Å². The van der Waals surface area contributed by atoms with Crippen molar-refractivity contribution in [2.24, 2.45) is 0 Å². The molecule has 0 bridgehead atoms. The molecule has 0 rings (SSSR count). The van der Waals surface area contributed by atoms with Gasteiger partial charge < -0.3 is 0 Å². The molecule has 0 heterocycles. The van der Waals surface area contributed by atoms with E-state index in [0.717, 1.165) is 0 Å². The topological polar surface area (TPSA) is 51.2 Å². The number of carbonyl (C=O) groups excluding carboxylic acids is 3. The van der Waals surface area contributed by atoms with Crippen LogP contribution in [0.15, 0.2) is 0 Å². The van der Waals surface area contributed by atoms with Crippen LogP contribution in [0.1, 0.15) is 0 Å². The van der Waals surface area contributed by atoms with Crippen molar-refractivity contribution in [2.45, 2.75) is 11.8 Å². The Kier molecular flexibility index (Phi) is 3.05. The second-order valence-electron chi connectivity index (χ2n) is 2.03. The first kappa shape index (κ1) is 12.6. The third-order valence-corrected chi connectivity index (χ3v) is 1.06. The highest BCUT2D eigenvalue weighted by Crippen LogP contribution is 2.28. The fourth-order valence-corrected chi connectivity index (χ4v) is 0.376. The minimum absolute atomic E-state index is 3.69. The van der Waals surface area contributed by atoms with Gasteiger partial charge in [-0.05, 0) is 0 Å². The smallest absolute Gasteiger partial charge is 0.285 e. The Morgan fingerprint density at radius 1 is 0.714 bits per heavy atom. The molecular weight excluding hydrogens is 222 g/mol. The van der Waals surface area contributed by atoms with Gasteiger partial charge in [0.25, 0.3) is 5.78 Å². The monoisotopic (exact) mass is 222 g/mol. The molecule has 0 aromatic rings. The van der Waals surface area contributed by atoms with Crippen LogP contribution in [-0.2, 0) is 14.4 Å². The molecule has 0 aromatic carbocycles. The molecule has 0 aromatic heterocycles. The normalized spacial score (nSPS) is 12.4. The van der Waals surface area contributed by atoms with Gasteiger partial charge in [-0.2, -0.15) is 26.3 Å². The van der Waals surface area contributed by atoms with E-state index >= 15 is 0 Å². The molecule has 0 saturated carbocycles. The van der Waals surface area contributed by atoms with Gasteiger partial charge in [-0.15, -0.1) is 0 Å². The third-order valence-electron chi connectivity index (χ3n) is 1.06. The maximum atomic E-state index is 11.9. The first-order valence-electron chi connectivity index (χ1n) is 2.75. The number of ketones is 1. The van der Waals surface area contributed by atoms with Gasteiger partial charge in [-0.1, -0.05) is 0 Å². The van der Waals surface area contributed by atoms with Gasteiger partial charge in [0.05, 0.1) is 0 Å². The zero-order valence-corrected chi connectivity index (χ0v) is 5.99. The molecule has 0 radical (unpaired) electrons. The maximum absolute atomic E-state index is 11.9. The van der Waals surface area contributed by atoms with Crippen LogP contribution in [0.25, 0.3) is 0 Å². The second-order valence-corrected chi connectivity index (χ2v) is 2.03. The number of rotatable bonds is 4. The summed E-state index contributed by atoms with van der Waals surface area (Å²) in [5.74, 6) is -15.2. The summed E-state index contributed by atoms with van der Waals surface area (Å²) >= 11 is 0. The average molecular weight is 222 g/mol. The Labute approximate surface area is 71.7 Å². The zero-order valence-electron chi connectivity index (χ0n) is 5.99. The van der Waals surface area contributed by atoms with Gasteiger partial charge in [-0.25, -0.2) is 0 Å². The predicted molar refractivity (Wildman–Crippen MR) is 27.1 cm³/mol. The van der Waals surface area contributed by atoms with Gasteiger partial charge in [0.15, 0.2) is 0 Å². The summed E-state index contributed by atoms with van der Waals surface area (Å²) in [6.07, 6.45) is 0. The molecule has 0 aliphatic heterocycles. The van der Waals surface area contributed by atoms with Crippen LogP contribution < -0.4 is 0 Å². The van der Waals surface area contributed by atoms with Gasteiger partial charge in [0.1, 0.15) is 0 Å². The lowest BCUT2D eigenvalue weighted by atomic mass is 10.1. The van der Waals surface area contributed by atoms with Crippen molar-refractivity contribution in [1.82, 2.24) is 0 Å². The first-order chi connectivity index (χ1) is 6.04. The van der Waals surface area contributed by atoms with Crippen molar-refractivity contribution >= 4 is 17.9 Å². The SMILES string of the molecule is O=C(F)C(F)(F)C(=O)C(F)(F)C(=O)F. The van der Waals surface area contributed by atoms with Crippen molar-refractivity contribution in [3.8, 4) is 0 Å². The fraction of sp³-hybridized carbons (Fsp3) is 0.400. The number of carbonyl (C=O) groups is 3. The summed E-state index contributed by atoms with van der Waals surface area (Å²) in [7, 11) is 0. The van der Waals surface area contributed by atoms with Crippen molar-refractivity contribution < 1.29 is 40.7 Å². The molecule has 0 amide bonds. The van der Waals surface area contributed by atoms with E-state index in [2.05, 4.69) is 0 Å². The third kappa shape index (κ3) is 1.91. The van der Waals surface area contributed by atoms with E-state index in [4.69, 9.17) is 0 Å². The van der Waals surface area contributed by atoms with E-state index in [1.807, 2.05) is 0 Å². The van der Waals surface area contributed by atoms with Crippen molar-refractivity contribution in [1.29, 1.82) is 0 Å². The van der Waals surface area contributed by atoms with E-state index in [1.165, 1.54) is 0 Å². The lowest BCUT2D eigenvalue weighted by Gasteiger charge is -2.13. The summed E-state index contributed by atoms with van der Waals surface area (Å²) in [5.41, 5.74) is 0. The van der Waals surface area contributed by atoms with Crippen LogP contribution in [0.3, 0.4) is 0 Å². The molecular formula is C5F6O3. The minimum atomic E-state index is -5.73. The molecule has 0 saturated heterocycles. The van der Waals surface area contributed by atoms with Crippen molar-refractivity contribution in [2.75, 3.05) is 0 Å². The van der Waals surface area contributed by atoms with Gasteiger partial charge in [-0.3, -0.25) is 14.4 Å². The Bertz CT molecular complexity index is 268. The average Bonchev–Trinajstić information content (AvgIpc) is 2.02. The van der Waals surface area contributed by atoms with Crippen LogP contribution in [0.2, 0.25) is 0 Å². The Morgan fingerprint density at radius 2 is 0.929 bits per heavy atom. The fourth-order valence-electron chi connectivity index (χ4n) is 0.376. The molecule has 0 unspecified atom stereocenters. The largest absolute Gasteiger partial charge is 0.399 e. The lowest BCUT2D eigenvalue weighted by molar-refractivity contribution is -0.185. The summed E-state index contributed by atoms with van der Waals surface area (Å²) in [6.45, 7) is 0. The molecule has 80 valence electrons. The van der Waals surface area contributed by atoms with E-state index < -0.39 is 29.7 Å². The standard InChI is InChI=1S/C5F6O3/c6-2(13)4(8,9)1(12)5(10,11)3(7)14. The van der Waals surface area contributed by atoms with Gasteiger partial charge in [0, 0.05) is 0 Å². The van der Waals surface area contributed by atoms with Crippen LogP contribution in [-0.4, -0.2) is 29.7 Å². The Balaban J connectivity index is 5.16. The Hall–Kier alpha value is -1.41. The highest BCUT2D eigenvalue weighted by Gasteiger charge is 2.63. The zero-order chi connectivity index (χ0) is 11.7. The number of Topliss-reactive ketones (excluding diaryl/α,β-unsaturated/α-hetero) is 1. The molecule has 14 heavy (non-hydrogen) atoms. The highest BCUT2D eigenvalue weighted by molar-refractivity contribution is 6.16. The van der Waals surface area contributed by atoms with Gasteiger partial charge >= 0.3 is 23.9 Å². The first-order valence-corrected chi connectivity index (χ1v) is 2.75. The molecule has 0 fully saturated rings. The van der Waals surface area contributed by atoms with E-state index in [0.29, 0.717) is 0 Å². The van der Waals surface area contributed by atoms with E-state index in [-0.39, 0.29) is 0 Å². The predicted octanol–water partition coefficient (Wildman–Crippen LogP) is 0.818. The van der Waals surface area contributed by atoms with Crippen molar-refractivity contribution in [3.63, 3.8) is 0 Å². The highest BCUT2D eigenvalue weighted by atomic mass is 19.3. The maximum Gasteiger partial charge on any atom is 0.399 e. The Morgan fingerprint density at radius 3 is 1.07 bits per heavy atom. The molecule has 9 heteroatoms. The minimum Gasteiger partial charge on any atom is -0.285 e. The molecule has 0 aliphatic carbocycles. The quantitative estimate of drug-likeness (QED) is 0.402. The van der Waals surface area contributed by atoms with Crippen LogP contribution >= 0.6 is 0 Å². The van der Waals surface area contributed by atoms with E-state index in [1.54, 1.807) is 0 Å². The number of halogens is 6. The summed E-state index contributed by atoms with van der Waals surface area (Å²) in [5, 5.41) is 0. The summed E-state index contributed by atoms with van der Waals surface area (Å²) < 4.78 is 70.4. The number of alkyl halides is 4. The molecule has 0 atom stereocenters. The number of hydrogen-bond donors (Lipinski definition) is 0. The molecule has 0 N–H and O–H groups in total. The van der Waals surface area contributed by atoms with Crippen LogP contribution in [0.4, 0.5) is 26.3 Å². The molecule has 3 nitrogen and oxygen atoms in total.